The second-order valence-electron chi connectivity index (χ2n) is 5.62. The summed E-state index contributed by atoms with van der Waals surface area (Å²) in [5.41, 5.74) is -1.85. The van der Waals surface area contributed by atoms with Crippen molar-refractivity contribution < 1.29 is 10.2 Å². The zero-order valence-electron chi connectivity index (χ0n) is 9.26. The highest BCUT2D eigenvalue weighted by Crippen LogP contribution is 2.35. The lowest BCUT2D eigenvalue weighted by molar-refractivity contribution is -0.221. The summed E-state index contributed by atoms with van der Waals surface area (Å²) in [5, 5.41) is 19.7. The van der Waals surface area contributed by atoms with E-state index in [1.165, 1.54) is 0 Å². The second-order valence-corrected chi connectivity index (χ2v) is 5.62. The molecule has 0 spiro atoms. The molecule has 0 aliphatic carbocycles. The van der Waals surface area contributed by atoms with Crippen LogP contribution in [0.4, 0.5) is 0 Å². The monoisotopic (exact) mass is 187 g/mol. The van der Waals surface area contributed by atoms with Gasteiger partial charge < -0.3 is 10.2 Å². The van der Waals surface area contributed by atoms with Gasteiger partial charge in [-0.2, -0.15) is 0 Å². The Labute approximate surface area is 80.4 Å². The van der Waals surface area contributed by atoms with E-state index in [0.717, 1.165) is 0 Å². The molecule has 0 saturated carbocycles. The quantitative estimate of drug-likeness (QED) is 0.632. The molecule has 0 bridgehead atoms. The molecule has 0 aromatic heterocycles. The Balaban J connectivity index is 2.58. The van der Waals surface area contributed by atoms with Crippen molar-refractivity contribution in [2.45, 2.75) is 51.4 Å². The van der Waals surface area contributed by atoms with E-state index in [2.05, 4.69) is 25.7 Å². The largest absolute Gasteiger partial charge is 0.387 e. The topological polar surface area (TPSA) is 43.7 Å². The minimum Gasteiger partial charge on any atom is -0.387 e. The van der Waals surface area contributed by atoms with Gasteiger partial charge in [0, 0.05) is 18.6 Å². The van der Waals surface area contributed by atoms with Crippen LogP contribution in [0, 0.1) is 0 Å². The van der Waals surface area contributed by atoms with Crippen LogP contribution >= 0.6 is 0 Å². The summed E-state index contributed by atoms with van der Waals surface area (Å²) in [6.45, 7) is 10.8. The zero-order chi connectivity index (χ0) is 10.5. The molecule has 1 aliphatic rings. The number of likely N-dealkylation sites (tertiary alicyclic amines) is 1. The van der Waals surface area contributed by atoms with Crippen LogP contribution in [0.5, 0.6) is 0 Å². The average Bonchev–Trinajstić information content (AvgIpc) is 1.75. The lowest BCUT2D eigenvalue weighted by atomic mass is 9.77. The fraction of sp³-hybridized carbons (Fsp3) is 1.00. The Morgan fingerprint density at radius 2 is 1.46 bits per heavy atom. The predicted molar refractivity (Wildman–Crippen MR) is 52.6 cm³/mol. The van der Waals surface area contributed by atoms with Crippen molar-refractivity contribution in [1.82, 2.24) is 4.90 Å². The minimum atomic E-state index is -1.01. The molecule has 2 N–H and O–H groups in total. The van der Waals surface area contributed by atoms with Gasteiger partial charge in [-0.05, 0) is 34.6 Å². The van der Waals surface area contributed by atoms with E-state index >= 15 is 0 Å². The van der Waals surface area contributed by atoms with Crippen LogP contribution in [-0.4, -0.2) is 44.9 Å². The highest BCUT2D eigenvalue weighted by molar-refractivity contribution is 5.08. The van der Waals surface area contributed by atoms with E-state index < -0.39 is 11.2 Å². The van der Waals surface area contributed by atoms with Gasteiger partial charge in [-0.3, -0.25) is 4.90 Å². The van der Waals surface area contributed by atoms with Crippen LogP contribution < -0.4 is 0 Å². The van der Waals surface area contributed by atoms with E-state index in [1.54, 1.807) is 13.8 Å². The van der Waals surface area contributed by atoms with Crippen LogP contribution in [0.1, 0.15) is 34.6 Å². The standard InChI is InChI=1S/C10H21NO2/c1-8(2,3)11-6-10(13,7-11)9(4,5)12/h12-13H,6-7H2,1-5H3. The minimum absolute atomic E-state index is 0.0808. The van der Waals surface area contributed by atoms with Gasteiger partial charge in [0.2, 0.25) is 0 Å². The van der Waals surface area contributed by atoms with E-state index in [0.29, 0.717) is 13.1 Å². The van der Waals surface area contributed by atoms with Gasteiger partial charge in [-0.1, -0.05) is 0 Å². The first kappa shape index (κ1) is 11.0. The van der Waals surface area contributed by atoms with Crippen molar-refractivity contribution in [3.05, 3.63) is 0 Å². The Hall–Kier alpha value is -0.120. The molecule has 3 nitrogen and oxygen atoms in total. The molecule has 1 heterocycles. The normalized spacial score (nSPS) is 24.2. The smallest absolute Gasteiger partial charge is 0.118 e. The lowest BCUT2D eigenvalue weighted by Crippen LogP contribution is -2.74. The summed E-state index contributed by atoms with van der Waals surface area (Å²) in [7, 11) is 0. The molecule has 1 rings (SSSR count). The first-order valence-corrected chi connectivity index (χ1v) is 4.76. The Kier molecular flexibility index (Phi) is 2.26. The fourth-order valence-electron chi connectivity index (χ4n) is 1.45. The predicted octanol–water partition coefficient (Wildman–Crippen LogP) is 0.603. The Morgan fingerprint density at radius 1 is 1.08 bits per heavy atom. The van der Waals surface area contributed by atoms with Crippen molar-refractivity contribution in [2.75, 3.05) is 13.1 Å². The summed E-state index contributed by atoms with van der Waals surface area (Å²) in [6, 6.07) is 0. The molecule has 78 valence electrons. The third-order valence-corrected chi connectivity index (χ3v) is 2.99. The van der Waals surface area contributed by atoms with Crippen LogP contribution in [0.2, 0.25) is 0 Å². The number of hydrogen-bond donors (Lipinski definition) is 2. The number of rotatable bonds is 1. The first-order valence-electron chi connectivity index (χ1n) is 4.76. The van der Waals surface area contributed by atoms with Gasteiger partial charge >= 0.3 is 0 Å². The van der Waals surface area contributed by atoms with Crippen LogP contribution in [0.25, 0.3) is 0 Å². The third kappa shape index (κ3) is 1.87. The molecule has 0 aromatic carbocycles. The van der Waals surface area contributed by atoms with Crippen molar-refractivity contribution in [1.29, 1.82) is 0 Å². The SMILES string of the molecule is CC(C)(C)N1CC(O)(C(C)(C)O)C1. The molecule has 1 fully saturated rings. The summed E-state index contributed by atoms with van der Waals surface area (Å²) in [6.07, 6.45) is 0. The molecule has 1 saturated heterocycles. The number of β-amino-alcohol motifs (C(OH)–C–C–N with tert-alkyl or cyclic N) is 1. The summed E-state index contributed by atoms with van der Waals surface area (Å²) < 4.78 is 0. The van der Waals surface area contributed by atoms with Crippen LogP contribution in [0.15, 0.2) is 0 Å². The maximum Gasteiger partial charge on any atom is 0.118 e. The number of aliphatic hydroxyl groups is 2. The Bertz CT molecular complexity index is 194. The van der Waals surface area contributed by atoms with E-state index in [4.69, 9.17) is 0 Å². The lowest BCUT2D eigenvalue weighted by Gasteiger charge is -2.57. The zero-order valence-corrected chi connectivity index (χ0v) is 9.26. The second kappa shape index (κ2) is 2.69. The molecular weight excluding hydrogens is 166 g/mol. The average molecular weight is 187 g/mol. The maximum atomic E-state index is 9.99. The van der Waals surface area contributed by atoms with Crippen molar-refractivity contribution >= 4 is 0 Å². The highest BCUT2D eigenvalue weighted by Gasteiger charge is 2.53. The van der Waals surface area contributed by atoms with Gasteiger partial charge in [-0.25, -0.2) is 0 Å². The van der Waals surface area contributed by atoms with E-state index in [-0.39, 0.29) is 5.54 Å². The van der Waals surface area contributed by atoms with Gasteiger partial charge in [0.15, 0.2) is 0 Å². The molecule has 0 aromatic rings. The van der Waals surface area contributed by atoms with Crippen molar-refractivity contribution in [2.24, 2.45) is 0 Å². The summed E-state index contributed by atoms with van der Waals surface area (Å²) >= 11 is 0. The van der Waals surface area contributed by atoms with Gasteiger partial charge in [0.05, 0.1) is 5.60 Å². The molecule has 0 unspecified atom stereocenters. The highest BCUT2D eigenvalue weighted by atomic mass is 16.4. The van der Waals surface area contributed by atoms with Gasteiger partial charge in [0.1, 0.15) is 5.60 Å². The molecule has 1 aliphatic heterocycles. The van der Waals surface area contributed by atoms with Gasteiger partial charge in [-0.15, -0.1) is 0 Å². The van der Waals surface area contributed by atoms with E-state index in [1.807, 2.05) is 0 Å². The van der Waals surface area contributed by atoms with Crippen molar-refractivity contribution in [3.8, 4) is 0 Å². The number of nitrogens with zero attached hydrogens (tertiary/aromatic N) is 1. The first-order chi connectivity index (χ1) is 5.56. The van der Waals surface area contributed by atoms with E-state index in [9.17, 15) is 10.2 Å². The third-order valence-electron chi connectivity index (χ3n) is 2.99. The van der Waals surface area contributed by atoms with Crippen molar-refractivity contribution in [3.63, 3.8) is 0 Å². The number of hydrogen-bond acceptors (Lipinski definition) is 3. The molecule has 0 atom stereocenters. The summed E-state index contributed by atoms with van der Waals surface area (Å²) in [5.74, 6) is 0. The molecular formula is C10H21NO2. The summed E-state index contributed by atoms with van der Waals surface area (Å²) in [4.78, 5) is 2.16. The molecule has 0 radical (unpaired) electrons. The Morgan fingerprint density at radius 3 is 1.69 bits per heavy atom. The van der Waals surface area contributed by atoms with Crippen LogP contribution in [-0.2, 0) is 0 Å². The maximum absolute atomic E-state index is 9.99. The molecule has 0 amide bonds. The molecule has 13 heavy (non-hydrogen) atoms. The van der Waals surface area contributed by atoms with Crippen LogP contribution in [0.3, 0.4) is 0 Å². The molecule has 3 heteroatoms. The fourth-order valence-corrected chi connectivity index (χ4v) is 1.45. The van der Waals surface area contributed by atoms with Gasteiger partial charge in [0.25, 0.3) is 0 Å².